The Morgan fingerprint density at radius 1 is 1.19 bits per heavy atom. The SMILES string of the molecule is Cc1cc(C(=O)Nc2ccccc2C#N)nc(NCc2cccnc2)n1. The molecule has 3 aromatic rings. The molecule has 2 heterocycles. The lowest BCUT2D eigenvalue weighted by Crippen LogP contribution is -2.16. The van der Waals surface area contributed by atoms with E-state index in [2.05, 4.69) is 25.6 Å². The summed E-state index contributed by atoms with van der Waals surface area (Å²) in [5.41, 5.74) is 2.69. The van der Waals surface area contributed by atoms with Crippen LogP contribution in [0.2, 0.25) is 0 Å². The first-order chi connectivity index (χ1) is 12.7. The van der Waals surface area contributed by atoms with Gasteiger partial charge in [0.2, 0.25) is 5.95 Å². The molecule has 1 amide bonds. The number of hydrogen-bond acceptors (Lipinski definition) is 6. The molecule has 0 aliphatic rings. The van der Waals surface area contributed by atoms with Gasteiger partial charge < -0.3 is 10.6 Å². The molecule has 0 saturated carbocycles. The Morgan fingerprint density at radius 3 is 2.81 bits per heavy atom. The molecule has 0 saturated heterocycles. The fourth-order valence-corrected chi connectivity index (χ4v) is 2.32. The van der Waals surface area contributed by atoms with Crippen molar-refractivity contribution in [2.45, 2.75) is 13.5 Å². The molecule has 7 heteroatoms. The molecule has 7 nitrogen and oxygen atoms in total. The number of carbonyl (C=O) groups excluding carboxylic acids is 1. The average Bonchev–Trinajstić information content (AvgIpc) is 2.67. The van der Waals surface area contributed by atoms with Crippen LogP contribution in [-0.4, -0.2) is 20.9 Å². The number of aromatic nitrogens is 3. The van der Waals surface area contributed by atoms with E-state index >= 15 is 0 Å². The maximum Gasteiger partial charge on any atom is 0.274 e. The van der Waals surface area contributed by atoms with Crippen LogP contribution in [0.3, 0.4) is 0 Å². The summed E-state index contributed by atoms with van der Waals surface area (Å²) in [5.74, 6) is -0.0461. The molecule has 2 aromatic heterocycles. The van der Waals surface area contributed by atoms with Gasteiger partial charge in [-0.25, -0.2) is 9.97 Å². The number of anilines is 2. The van der Waals surface area contributed by atoms with Gasteiger partial charge in [0.25, 0.3) is 5.91 Å². The number of aryl methyl sites for hydroxylation is 1. The predicted molar refractivity (Wildman–Crippen MR) is 97.4 cm³/mol. The van der Waals surface area contributed by atoms with Crippen LogP contribution in [0, 0.1) is 18.3 Å². The van der Waals surface area contributed by atoms with Gasteiger partial charge in [0.05, 0.1) is 11.3 Å². The second-order valence-corrected chi connectivity index (χ2v) is 5.54. The summed E-state index contributed by atoms with van der Waals surface area (Å²) in [6.07, 6.45) is 3.45. The molecule has 26 heavy (non-hydrogen) atoms. The summed E-state index contributed by atoms with van der Waals surface area (Å²) in [6, 6.07) is 14.2. The molecule has 0 fully saturated rings. The number of hydrogen-bond donors (Lipinski definition) is 2. The van der Waals surface area contributed by atoms with Crippen molar-refractivity contribution in [3.8, 4) is 6.07 Å². The largest absolute Gasteiger partial charge is 0.350 e. The smallest absolute Gasteiger partial charge is 0.274 e. The first-order valence-corrected chi connectivity index (χ1v) is 7.94. The number of nitrogens with zero attached hydrogens (tertiary/aromatic N) is 4. The summed E-state index contributed by atoms with van der Waals surface area (Å²) in [5, 5.41) is 14.9. The zero-order valence-corrected chi connectivity index (χ0v) is 14.1. The molecule has 128 valence electrons. The Hall–Kier alpha value is -3.79. The first-order valence-electron chi connectivity index (χ1n) is 7.94. The molecule has 0 bridgehead atoms. The first kappa shape index (κ1) is 17.0. The number of para-hydroxylation sites is 1. The predicted octanol–water partition coefficient (Wildman–Crippen LogP) is 2.92. The summed E-state index contributed by atoms with van der Waals surface area (Å²) in [4.78, 5) is 25.1. The van der Waals surface area contributed by atoms with Gasteiger partial charge in [-0.3, -0.25) is 9.78 Å². The van der Waals surface area contributed by atoms with E-state index in [1.165, 1.54) is 0 Å². The minimum Gasteiger partial charge on any atom is -0.350 e. The molecule has 0 spiro atoms. The standard InChI is InChI=1S/C19H16N6O/c1-13-9-17(18(26)24-16-7-3-2-6-15(16)10-20)25-19(23-13)22-12-14-5-4-8-21-11-14/h2-9,11H,12H2,1H3,(H,24,26)(H,22,23,25). The van der Waals surface area contributed by atoms with Crippen molar-refractivity contribution in [2.75, 3.05) is 10.6 Å². The Balaban J connectivity index is 1.76. The normalized spacial score (nSPS) is 10.0. The van der Waals surface area contributed by atoms with Crippen LogP contribution in [0.5, 0.6) is 0 Å². The lowest BCUT2D eigenvalue weighted by atomic mass is 10.2. The van der Waals surface area contributed by atoms with E-state index in [4.69, 9.17) is 5.26 Å². The molecule has 0 unspecified atom stereocenters. The highest BCUT2D eigenvalue weighted by atomic mass is 16.1. The van der Waals surface area contributed by atoms with Crippen molar-refractivity contribution in [3.63, 3.8) is 0 Å². The van der Waals surface area contributed by atoms with Gasteiger partial charge in [-0.1, -0.05) is 18.2 Å². The van der Waals surface area contributed by atoms with Crippen LogP contribution in [0.1, 0.15) is 27.3 Å². The van der Waals surface area contributed by atoms with E-state index in [0.717, 1.165) is 5.56 Å². The van der Waals surface area contributed by atoms with E-state index in [1.54, 1.807) is 49.6 Å². The topological polar surface area (TPSA) is 104 Å². The van der Waals surface area contributed by atoms with E-state index in [1.807, 2.05) is 18.2 Å². The number of rotatable bonds is 5. The maximum absolute atomic E-state index is 12.5. The lowest BCUT2D eigenvalue weighted by Gasteiger charge is -2.09. The monoisotopic (exact) mass is 344 g/mol. The highest BCUT2D eigenvalue weighted by Crippen LogP contribution is 2.15. The maximum atomic E-state index is 12.5. The highest BCUT2D eigenvalue weighted by molar-refractivity contribution is 6.03. The second-order valence-electron chi connectivity index (χ2n) is 5.54. The van der Waals surface area contributed by atoms with E-state index in [-0.39, 0.29) is 5.69 Å². The van der Waals surface area contributed by atoms with Crippen molar-refractivity contribution in [3.05, 3.63) is 77.4 Å². The van der Waals surface area contributed by atoms with Crippen molar-refractivity contribution in [1.29, 1.82) is 5.26 Å². The molecule has 0 aliphatic carbocycles. The zero-order chi connectivity index (χ0) is 18.4. The van der Waals surface area contributed by atoms with Crippen molar-refractivity contribution < 1.29 is 4.79 Å². The molecule has 2 N–H and O–H groups in total. The van der Waals surface area contributed by atoms with Gasteiger partial charge >= 0.3 is 0 Å². The van der Waals surface area contributed by atoms with Gasteiger partial charge in [-0.15, -0.1) is 0 Å². The second kappa shape index (κ2) is 7.85. The van der Waals surface area contributed by atoms with Crippen LogP contribution >= 0.6 is 0 Å². The fourth-order valence-electron chi connectivity index (χ4n) is 2.32. The van der Waals surface area contributed by atoms with Crippen LogP contribution in [0.4, 0.5) is 11.6 Å². The summed E-state index contributed by atoms with van der Waals surface area (Å²) >= 11 is 0. The minimum atomic E-state index is -0.400. The number of nitriles is 1. The van der Waals surface area contributed by atoms with Crippen LogP contribution in [0.15, 0.2) is 54.9 Å². The Bertz CT molecular complexity index is 965. The van der Waals surface area contributed by atoms with Gasteiger partial charge in [-0.05, 0) is 36.8 Å². The lowest BCUT2D eigenvalue weighted by molar-refractivity contribution is 0.102. The molecule has 0 radical (unpaired) electrons. The summed E-state index contributed by atoms with van der Waals surface area (Å²) in [7, 11) is 0. The van der Waals surface area contributed by atoms with Gasteiger partial charge in [-0.2, -0.15) is 5.26 Å². The average molecular weight is 344 g/mol. The third-order valence-corrected chi connectivity index (χ3v) is 3.56. The Morgan fingerprint density at radius 2 is 2.04 bits per heavy atom. The van der Waals surface area contributed by atoms with E-state index < -0.39 is 5.91 Å². The third kappa shape index (κ3) is 4.19. The zero-order valence-electron chi connectivity index (χ0n) is 14.1. The van der Waals surface area contributed by atoms with Crippen molar-refractivity contribution in [1.82, 2.24) is 15.0 Å². The van der Waals surface area contributed by atoms with Crippen molar-refractivity contribution in [2.24, 2.45) is 0 Å². The molecule has 0 aliphatic heterocycles. The summed E-state index contributed by atoms with van der Waals surface area (Å²) in [6.45, 7) is 2.28. The molecular weight excluding hydrogens is 328 g/mol. The quantitative estimate of drug-likeness (QED) is 0.737. The van der Waals surface area contributed by atoms with Gasteiger partial charge in [0.15, 0.2) is 0 Å². The number of amides is 1. The third-order valence-electron chi connectivity index (χ3n) is 3.56. The summed E-state index contributed by atoms with van der Waals surface area (Å²) < 4.78 is 0. The molecule has 1 aromatic carbocycles. The number of carbonyl (C=O) groups is 1. The van der Waals surface area contributed by atoms with Crippen LogP contribution in [-0.2, 0) is 6.54 Å². The van der Waals surface area contributed by atoms with Crippen molar-refractivity contribution >= 4 is 17.5 Å². The van der Waals surface area contributed by atoms with E-state index in [0.29, 0.717) is 29.4 Å². The van der Waals surface area contributed by atoms with E-state index in [9.17, 15) is 4.79 Å². The van der Waals surface area contributed by atoms with Gasteiger partial charge in [0, 0.05) is 24.6 Å². The minimum absolute atomic E-state index is 0.221. The number of benzene rings is 1. The van der Waals surface area contributed by atoms with Crippen LogP contribution < -0.4 is 10.6 Å². The van der Waals surface area contributed by atoms with Gasteiger partial charge in [0.1, 0.15) is 11.8 Å². The molecule has 3 rings (SSSR count). The Labute approximate surface area is 150 Å². The molecule has 0 atom stereocenters. The Kier molecular flexibility index (Phi) is 5.15. The molecular formula is C19H16N6O. The highest BCUT2D eigenvalue weighted by Gasteiger charge is 2.12. The fraction of sp³-hybridized carbons (Fsp3) is 0.105. The number of pyridine rings is 1. The number of nitrogens with one attached hydrogen (secondary N) is 2. The van der Waals surface area contributed by atoms with Crippen LogP contribution in [0.25, 0.3) is 0 Å².